The van der Waals surface area contributed by atoms with Crippen LogP contribution in [0, 0.1) is 0 Å². The van der Waals surface area contributed by atoms with E-state index in [1.807, 2.05) is 22.7 Å². The number of hydrogen-bond acceptors (Lipinski definition) is 5. The van der Waals surface area contributed by atoms with Crippen LogP contribution in [0.15, 0.2) is 23.3 Å². The summed E-state index contributed by atoms with van der Waals surface area (Å²) in [6, 6.07) is 3.58. The maximum atomic E-state index is 12.3. The van der Waals surface area contributed by atoms with Gasteiger partial charge in [-0.25, -0.2) is 4.98 Å². The number of thioether (sulfide) groups is 1. The van der Waals surface area contributed by atoms with Crippen LogP contribution in [0.1, 0.15) is 12.5 Å². The second-order valence-corrected chi connectivity index (χ2v) is 7.38. The number of piperazine rings is 1. The average Bonchev–Trinajstić information content (AvgIpc) is 2.96. The molecule has 1 aromatic heterocycles. The van der Waals surface area contributed by atoms with Gasteiger partial charge in [0.05, 0.1) is 13.0 Å². The second kappa shape index (κ2) is 6.87. The molecule has 0 spiro atoms. The highest BCUT2D eigenvalue weighted by atomic mass is 35.5. The minimum Gasteiger partial charge on any atom is -0.348 e. The van der Waals surface area contributed by atoms with Crippen molar-refractivity contribution in [1.29, 1.82) is 0 Å². The van der Waals surface area contributed by atoms with Crippen LogP contribution in [0.5, 0.6) is 0 Å². The van der Waals surface area contributed by atoms with Gasteiger partial charge >= 0.3 is 0 Å². The first-order chi connectivity index (χ1) is 10.6. The van der Waals surface area contributed by atoms with E-state index in [9.17, 15) is 4.79 Å². The molecule has 1 atom stereocenters. The lowest BCUT2D eigenvalue weighted by atomic mass is 10.2. The Kier molecular flexibility index (Phi) is 4.88. The number of amides is 1. The van der Waals surface area contributed by atoms with Crippen molar-refractivity contribution in [2.75, 3.05) is 32.7 Å². The first-order valence-electron chi connectivity index (χ1n) is 7.46. The molecule has 7 heteroatoms. The average molecular weight is 339 g/mol. The summed E-state index contributed by atoms with van der Waals surface area (Å²) in [6.45, 7) is 6.34. The van der Waals surface area contributed by atoms with Crippen molar-refractivity contribution in [2.24, 2.45) is 4.99 Å². The minimum atomic E-state index is 0.151. The summed E-state index contributed by atoms with van der Waals surface area (Å²) in [7, 11) is 0. The highest BCUT2D eigenvalue weighted by Gasteiger charge is 2.26. The third kappa shape index (κ3) is 3.73. The Hall–Kier alpha value is -1.27. The predicted octanol–water partition coefficient (Wildman–Crippen LogP) is 1.91. The van der Waals surface area contributed by atoms with Gasteiger partial charge in [-0.05, 0) is 11.6 Å². The second-order valence-electron chi connectivity index (χ2n) is 5.59. The van der Waals surface area contributed by atoms with Gasteiger partial charge in [0.25, 0.3) is 0 Å². The Morgan fingerprint density at radius 3 is 2.73 bits per heavy atom. The molecule has 0 unspecified atom stereocenters. The topological polar surface area (TPSA) is 48.8 Å². The zero-order valence-corrected chi connectivity index (χ0v) is 14.1. The van der Waals surface area contributed by atoms with Gasteiger partial charge in [-0.1, -0.05) is 36.4 Å². The Balaban J connectivity index is 1.50. The molecule has 5 nitrogen and oxygen atoms in total. The standard InChI is InChI=1S/C15H19ClN4OS/c1-11-9-18-15(22-11)20-6-4-19(5-7-20)14(21)8-12-2-3-13(16)17-10-12/h2-3,10-11H,4-9H2,1H3/t11-/m1/s1. The zero-order valence-electron chi connectivity index (χ0n) is 12.5. The normalized spacial score (nSPS) is 21.9. The lowest BCUT2D eigenvalue weighted by Crippen LogP contribution is -2.50. The molecule has 2 aliphatic rings. The fourth-order valence-electron chi connectivity index (χ4n) is 2.58. The quantitative estimate of drug-likeness (QED) is 0.773. The van der Waals surface area contributed by atoms with Gasteiger partial charge in [0.2, 0.25) is 5.91 Å². The van der Waals surface area contributed by atoms with E-state index >= 15 is 0 Å². The molecule has 22 heavy (non-hydrogen) atoms. The van der Waals surface area contributed by atoms with Gasteiger partial charge in [0.15, 0.2) is 5.17 Å². The Morgan fingerprint density at radius 1 is 1.36 bits per heavy atom. The Bertz CT molecular complexity index is 569. The van der Waals surface area contributed by atoms with Crippen molar-refractivity contribution in [3.05, 3.63) is 29.0 Å². The first kappa shape index (κ1) is 15.6. The lowest BCUT2D eigenvalue weighted by molar-refractivity contribution is -0.131. The number of rotatable bonds is 2. The summed E-state index contributed by atoms with van der Waals surface area (Å²) in [6.07, 6.45) is 2.05. The van der Waals surface area contributed by atoms with Crippen LogP contribution in [-0.4, -0.2) is 63.8 Å². The fourth-order valence-corrected chi connectivity index (χ4v) is 3.68. The number of aromatic nitrogens is 1. The molecule has 1 aromatic rings. The summed E-state index contributed by atoms with van der Waals surface area (Å²) in [5, 5.41) is 2.17. The smallest absolute Gasteiger partial charge is 0.227 e. The van der Waals surface area contributed by atoms with E-state index in [1.165, 1.54) is 0 Å². The molecule has 0 bridgehead atoms. The van der Waals surface area contributed by atoms with E-state index in [4.69, 9.17) is 11.6 Å². The maximum Gasteiger partial charge on any atom is 0.227 e. The maximum absolute atomic E-state index is 12.3. The number of pyridine rings is 1. The summed E-state index contributed by atoms with van der Waals surface area (Å²) < 4.78 is 0. The number of carbonyl (C=O) groups is 1. The van der Waals surface area contributed by atoms with E-state index < -0.39 is 0 Å². The molecule has 3 rings (SSSR count). The summed E-state index contributed by atoms with van der Waals surface area (Å²) in [5.74, 6) is 0.151. The van der Waals surface area contributed by atoms with E-state index in [1.54, 1.807) is 12.3 Å². The molecule has 0 saturated carbocycles. The largest absolute Gasteiger partial charge is 0.348 e. The molecule has 1 fully saturated rings. The summed E-state index contributed by atoms with van der Waals surface area (Å²) in [4.78, 5) is 25.1. The van der Waals surface area contributed by atoms with Crippen molar-refractivity contribution < 1.29 is 4.79 Å². The van der Waals surface area contributed by atoms with Gasteiger partial charge in [-0.15, -0.1) is 0 Å². The Labute approximate surface area is 139 Å². The van der Waals surface area contributed by atoms with Crippen LogP contribution in [0.2, 0.25) is 5.15 Å². The number of nitrogens with zero attached hydrogens (tertiary/aromatic N) is 4. The first-order valence-corrected chi connectivity index (χ1v) is 8.72. The van der Waals surface area contributed by atoms with Crippen molar-refractivity contribution in [3.8, 4) is 0 Å². The van der Waals surface area contributed by atoms with Crippen molar-refractivity contribution in [1.82, 2.24) is 14.8 Å². The van der Waals surface area contributed by atoms with E-state index in [2.05, 4.69) is 21.8 Å². The molecule has 3 heterocycles. The van der Waals surface area contributed by atoms with Crippen LogP contribution in [0.25, 0.3) is 0 Å². The van der Waals surface area contributed by atoms with Gasteiger partial charge in [0.1, 0.15) is 5.15 Å². The SMILES string of the molecule is C[C@@H]1CN=C(N2CCN(C(=O)Cc3ccc(Cl)nc3)CC2)S1. The number of halogens is 1. The monoisotopic (exact) mass is 338 g/mol. The molecule has 118 valence electrons. The van der Waals surface area contributed by atoms with Gasteiger partial charge < -0.3 is 9.80 Å². The van der Waals surface area contributed by atoms with Gasteiger partial charge in [0, 0.05) is 37.6 Å². The summed E-state index contributed by atoms with van der Waals surface area (Å²) >= 11 is 7.60. The summed E-state index contributed by atoms with van der Waals surface area (Å²) in [5.41, 5.74) is 0.904. The van der Waals surface area contributed by atoms with Crippen molar-refractivity contribution >= 4 is 34.4 Å². The van der Waals surface area contributed by atoms with E-state index in [0.717, 1.165) is 43.5 Å². The minimum absolute atomic E-state index is 0.151. The van der Waals surface area contributed by atoms with Crippen LogP contribution in [-0.2, 0) is 11.2 Å². The van der Waals surface area contributed by atoms with E-state index in [0.29, 0.717) is 16.8 Å². The van der Waals surface area contributed by atoms with Crippen molar-refractivity contribution in [2.45, 2.75) is 18.6 Å². The van der Waals surface area contributed by atoms with Crippen LogP contribution in [0.3, 0.4) is 0 Å². The Morgan fingerprint density at radius 2 is 2.14 bits per heavy atom. The molecular formula is C15H19ClN4OS. The highest BCUT2D eigenvalue weighted by molar-refractivity contribution is 8.14. The molecule has 1 amide bonds. The molecule has 0 aliphatic carbocycles. The number of hydrogen-bond donors (Lipinski definition) is 0. The van der Waals surface area contributed by atoms with Gasteiger partial charge in [-0.2, -0.15) is 0 Å². The molecular weight excluding hydrogens is 320 g/mol. The number of carbonyl (C=O) groups excluding carboxylic acids is 1. The van der Waals surface area contributed by atoms with Crippen LogP contribution < -0.4 is 0 Å². The molecule has 1 saturated heterocycles. The molecule has 0 aromatic carbocycles. The number of aliphatic imine (C=N–C) groups is 1. The zero-order chi connectivity index (χ0) is 15.5. The predicted molar refractivity (Wildman–Crippen MR) is 90.5 cm³/mol. The number of amidine groups is 1. The van der Waals surface area contributed by atoms with E-state index in [-0.39, 0.29) is 5.91 Å². The molecule has 0 N–H and O–H groups in total. The fraction of sp³-hybridized carbons (Fsp3) is 0.533. The highest BCUT2D eigenvalue weighted by Crippen LogP contribution is 2.23. The van der Waals surface area contributed by atoms with Crippen molar-refractivity contribution in [3.63, 3.8) is 0 Å². The third-order valence-electron chi connectivity index (χ3n) is 3.84. The van der Waals surface area contributed by atoms with Crippen LogP contribution >= 0.6 is 23.4 Å². The lowest BCUT2D eigenvalue weighted by Gasteiger charge is -2.35. The van der Waals surface area contributed by atoms with Gasteiger partial charge in [-0.3, -0.25) is 9.79 Å². The third-order valence-corrected chi connectivity index (χ3v) is 5.21. The molecule has 2 aliphatic heterocycles. The molecule has 0 radical (unpaired) electrons. The van der Waals surface area contributed by atoms with Crippen LogP contribution in [0.4, 0.5) is 0 Å².